The van der Waals surface area contributed by atoms with E-state index >= 15 is 0 Å². The Morgan fingerprint density at radius 1 is 1.47 bits per heavy atom. The summed E-state index contributed by atoms with van der Waals surface area (Å²) < 4.78 is 1.19. The molecule has 0 atom stereocenters. The number of anilines is 1. The number of pyridine rings is 1. The van der Waals surface area contributed by atoms with E-state index in [4.69, 9.17) is 11.6 Å². The van der Waals surface area contributed by atoms with Crippen LogP contribution in [-0.2, 0) is 0 Å². The molecule has 0 bridgehead atoms. The Morgan fingerprint density at radius 2 is 2.12 bits per heavy atom. The Balaban J connectivity index is 2.72. The Labute approximate surface area is 121 Å². The largest absolute Gasteiger partial charge is 0.368 e. The van der Waals surface area contributed by atoms with Gasteiger partial charge < -0.3 is 5.32 Å². The summed E-state index contributed by atoms with van der Waals surface area (Å²) in [5.74, 6) is 0.856. The van der Waals surface area contributed by atoms with Crippen LogP contribution in [0.5, 0.6) is 0 Å². The molecule has 96 valence electrons. The molecule has 0 amide bonds. The lowest BCUT2D eigenvalue weighted by molar-refractivity contribution is 0.574. The van der Waals surface area contributed by atoms with Crippen LogP contribution in [0.1, 0.15) is 26.7 Å². The lowest BCUT2D eigenvalue weighted by Crippen LogP contribution is -2.32. The summed E-state index contributed by atoms with van der Waals surface area (Å²) in [6, 6.07) is 1.86. The average molecular weight is 338 g/mol. The van der Waals surface area contributed by atoms with Crippen LogP contribution in [0.3, 0.4) is 0 Å². The second-order valence-corrected chi connectivity index (χ2v) is 6.50. The molecule has 0 unspecified atom stereocenters. The first kappa shape index (κ1) is 15.1. The van der Waals surface area contributed by atoms with Crippen molar-refractivity contribution in [2.24, 2.45) is 0 Å². The van der Waals surface area contributed by atoms with Gasteiger partial charge in [0, 0.05) is 17.5 Å². The number of thioether (sulfide) groups is 1. The molecular weight excluding hydrogens is 320 g/mol. The van der Waals surface area contributed by atoms with Crippen LogP contribution < -0.4 is 5.32 Å². The van der Waals surface area contributed by atoms with Crippen LogP contribution in [0.4, 0.5) is 5.82 Å². The third-order valence-electron chi connectivity index (χ3n) is 3.11. The quantitative estimate of drug-likeness (QED) is 0.804. The first-order valence-corrected chi connectivity index (χ1v) is 8.06. The number of aromatic nitrogens is 1. The van der Waals surface area contributed by atoms with E-state index in [0.717, 1.165) is 29.7 Å². The summed E-state index contributed by atoms with van der Waals surface area (Å²) in [5.41, 5.74) is 0. The maximum atomic E-state index is 5.86. The van der Waals surface area contributed by atoms with Gasteiger partial charge in [-0.3, -0.25) is 0 Å². The minimum atomic E-state index is 0.279. The Morgan fingerprint density at radius 3 is 2.59 bits per heavy atom. The number of hydrogen-bond donors (Lipinski definition) is 1. The average Bonchev–Trinajstić information content (AvgIpc) is 2.33. The van der Waals surface area contributed by atoms with Gasteiger partial charge in [0.1, 0.15) is 5.82 Å². The maximum absolute atomic E-state index is 5.86. The molecule has 0 aliphatic carbocycles. The summed E-state index contributed by atoms with van der Waals surface area (Å²) in [6.45, 7) is 5.37. The highest BCUT2D eigenvalue weighted by Gasteiger charge is 2.24. The molecule has 0 aliphatic heterocycles. The summed E-state index contributed by atoms with van der Waals surface area (Å²) in [7, 11) is 0. The number of nitrogens with zero attached hydrogens (tertiary/aromatic N) is 1. The van der Waals surface area contributed by atoms with E-state index in [-0.39, 0.29) is 4.75 Å². The van der Waals surface area contributed by atoms with Crippen LogP contribution >= 0.6 is 39.3 Å². The van der Waals surface area contributed by atoms with Gasteiger partial charge in [-0.15, -0.1) is 0 Å². The fourth-order valence-electron chi connectivity index (χ4n) is 1.65. The molecule has 0 saturated carbocycles. The van der Waals surface area contributed by atoms with E-state index in [0.29, 0.717) is 5.02 Å². The van der Waals surface area contributed by atoms with Crippen LogP contribution in [-0.4, -0.2) is 22.5 Å². The van der Waals surface area contributed by atoms with E-state index in [1.165, 1.54) is 0 Å². The molecule has 1 heterocycles. The fourth-order valence-corrected chi connectivity index (χ4v) is 3.22. The number of rotatable bonds is 6. The molecule has 0 aliphatic rings. The Hall–Kier alpha value is 0.0700. The van der Waals surface area contributed by atoms with Crippen molar-refractivity contribution >= 4 is 45.1 Å². The van der Waals surface area contributed by atoms with Gasteiger partial charge in [-0.1, -0.05) is 25.4 Å². The molecule has 0 saturated heterocycles. The molecule has 0 fully saturated rings. The topological polar surface area (TPSA) is 24.9 Å². The van der Waals surface area contributed by atoms with Gasteiger partial charge in [0.2, 0.25) is 0 Å². The van der Waals surface area contributed by atoms with Crippen molar-refractivity contribution in [3.05, 3.63) is 21.8 Å². The molecular formula is C12H18BrClN2S. The van der Waals surface area contributed by atoms with Gasteiger partial charge in [0.05, 0.1) is 9.50 Å². The second-order valence-electron chi connectivity index (χ2n) is 3.93. The van der Waals surface area contributed by atoms with Crippen molar-refractivity contribution < 1.29 is 0 Å². The Bertz CT molecular complexity index is 361. The van der Waals surface area contributed by atoms with Gasteiger partial charge in [0.25, 0.3) is 0 Å². The van der Waals surface area contributed by atoms with E-state index in [1.807, 2.05) is 17.8 Å². The zero-order valence-corrected chi connectivity index (χ0v) is 13.5. The predicted octanol–water partition coefficient (Wildman–Crippen LogP) is 4.83. The molecule has 5 heteroatoms. The lowest BCUT2D eigenvalue weighted by atomic mass is 10.0. The number of hydrogen-bond acceptors (Lipinski definition) is 3. The van der Waals surface area contributed by atoms with Crippen LogP contribution in [0.2, 0.25) is 5.02 Å². The van der Waals surface area contributed by atoms with Crippen molar-refractivity contribution in [2.45, 2.75) is 31.4 Å². The smallest absolute Gasteiger partial charge is 0.140 e. The number of halogens is 2. The molecule has 0 spiro atoms. The summed E-state index contributed by atoms with van der Waals surface area (Å²) in [5, 5.41) is 4.04. The lowest BCUT2D eigenvalue weighted by Gasteiger charge is -2.30. The standard InChI is InChI=1S/C12H18BrClN2S/c1-4-12(5-2,17-3)8-16-11-10(13)6-9(14)7-15-11/h6-7H,4-5,8H2,1-3H3,(H,15,16). The van der Waals surface area contributed by atoms with Crippen LogP contribution in [0.25, 0.3) is 0 Å². The van der Waals surface area contributed by atoms with E-state index in [2.05, 4.69) is 46.3 Å². The van der Waals surface area contributed by atoms with Crippen LogP contribution in [0.15, 0.2) is 16.7 Å². The Kier molecular flexibility index (Phi) is 6.10. The molecule has 2 nitrogen and oxygen atoms in total. The molecule has 1 aromatic heterocycles. The van der Waals surface area contributed by atoms with Gasteiger partial charge in [-0.25, -0.2) is 4.98 Å². The minimum absolute atomic E-state index is 0.279. The molecule has 1 N–H and O–H groups in total. The van der Waals surface area contributed by atoms with Crippen molar-refractivity contribution in [3.63, 3.8) is 0 Å². The zero-order chi connectivity index (χ0) is 12.9. The summed E-state index contributed by atoms with van der Waals surface area (Å²) >= 11 is 11.2. The van der Waals surface area contributed by atoms with Gasteiger partial charge in [-0.05, 0) is 41.1 Å². The van der Waals surface area contributed by atoms with Gasteiger partial charge >= 0.3 is 0 Å². The molecule has 17 heavy (non-hydrogen) atoms. The minimum Gasteiger partial charge on any atom is -0.368 e. The van der Waals surface area contributed by atoms with Gasteiger partial charge in [-0.2, -0.15) is 11.8 Å². The monoisotopic (exact) mass is 336 g/mol. The third kappa shape index (κ3) is 4.04. The van der Waals surface area contributed by atoms with E-state index in [1.54, 1.807) is 6.20 Å². The SMILES string of the molecule is CCC(CC)(CNc1ncc(Cl)cc1Br)SC. The fraction of sp³-hybridized carbons (Fsp3) is 0.583. The zero-order valence-electron chi connectivity index (χ0n) is 10.4. The maximum Gasteiger partial charge on any atom is 0.140 e. The second kappa shape index (κ2) is 6.86. The van der Waals surface area contributed by atoms with E-state index < -0.39 is 0 Å². The highest BCUT2D eigenvalue weighted by Crippen LogP contribution is 2.31. The van der Waals surface area contributed by atoms with E-state index in [9.17, 15) is 0 Å². The van der Waals surface area contributed by atoms with Crippen molar-refractivity contribution in [3.8, 4) is 0 Å². The van der Waals surface area contributed by atoms with Crippen LogP contribution in [0, 0.1) is 0 Å². The third-order valence-corrected chi connectivity index (χ3v) is 5.51. The van der Waals surface area contributed by atoms with Crippen molar-refractivity contribution in [1.29, 1.82) is 0 Å². The summed E-state index contributed by atoms with van der Waals surface area (Å²) in [6.07, 6.45) is 6.11. The highest BCUT2D eigenvalue weighted by atomic mass is 79.9. The summed E-state index contributed by atoms with van der Waals surface area (Å²) in [4.78, 5) is 4.28. The predicted molar refractivity (Wildman–Crippen MR) is 82.3 cm³/mol. The molecule has 0 radical (unpaired) electrons. The molecule has 1 aromatic rings. The number of nitrogens with one attached hydrogen (secondary N) is 1. The normalized spacial score (nSPS) is 11.6. The molecule has 1 rings (SSSR count). The highest BCUT2D eigenvalue weighted by molar-refractivity contribution is 9.10. The first-order valence-electron chi connectivity index (χ1n) is 5.67. The van der Waals surface area contributed by atoms with Crippen molar-refractivity contribution in [2.75, 3.05) is 18.1 Å². The van der Waals surface area contributed by atoms with Gasteiger partial charge in [0.15, 0.2) is 0 Å². The first-order chi connectivity index (χ1) is 8.06. The molecule has 0 aromatic carbocycles. The van der Waals surface area contributed by atoms with Crippen molar-refractivity contribution in [1.82, 2.24) is 4.98 Å².